The third-order valence-electron chi connectivity index (χ3n) is 3.17. The number of nitrogens with one attached hydrogen (secondary N) is 2. The number of hydrogen-bond acceptors (Lipinski definition) is 3. The van der Waals surface area contributed by atoms with Crippen molar-refractivity contribution in [2.45, 2.75) is 17.4 Å². The van der Waals surface area contributed by atoms with E-state index in [4.69, 9.17) is 0 Å². The maximum absolute atomic E-state index is 11.9. The summed E-state index contributed by atoms with van der Waals surface area (Å²) in [7, 11) is 0. The van der Waals surface area contributed by atoms with Crippen LogP contribution in [0, 0.1) is 0 Å². The Hall–Kier alpha value is -1.98. The number of benzene rings is 2. The Morgan fingerprint density at radius 2 is 1.82 bits per heavy atom. The van der Waals surface area contributed by atoms with Crippen LogP contribution in [0.3, 0.4) is 0 Å². The van der Waals surface area contributed by atoms with Gasteiger partial charge in [0, 0.05) is 17.9 Å². The average molecular weight is 316 g/mol. The number of aliphatic hydroxyl groups excluding tert-OH is 1. The Morgan fingerprint density at radius 1 is 1.14 bits per heavy atom. The molecule has 0 spiro atoms. The molecule has 0 saturated heterocycles. The molecule has 2 aromatic carbocycles. The van der Waals surface area contributed by atoms with E-state index in [0.29, 0.717) is 6.42 Å². The van der Waals surface area contributed by atoms with Crippen LogP contribution < -0.4 is 10.6 Å². The first-order valence-corrected chi connectivity index (χ1v) is 8.31. The molecule has 0 fully saturated rings. The first kappa shape index (κ1) is 16.4. The molecule has 0 aliphatic carbocycles. The van der Waals surface area contributed by atoms with E-state index in [0.717, 1.165) is 16.1 Å². The SMILES string of the molecule is CSc1ccccc1NC(=O)NCC(O)Cc1ccccc1. The van der Waals surface area contributed by atoms with E-state index in [-0.39, 0.29) is 12.6 Å². The van der Waals surface area contributed by atoms with E-state index >= 15 is 0 Å². The highest BCUT2D eigenvalue weighted by Gasteiger charge is 2.09. The van der Waals surface area contributed by atoms with E-state index in [9.17, 15) is 9.90 Å². The molecule has 1 unspecified atom stereocenters. The lowest BCUT2D eigenvalue weighted by atomic mass is 10.1. The molecule has 0 saturated carbocycles. The fourth-order valence-electron chi connectivity index (χ4n) is 2.08. The molecule has 3 N–H and O–H groups in total. The first-order valence-electron chi connectivity index (χ1n) is 7.09. The van der Waals surface area contributed by atoms with Gasteiger partial charge >= 0.3 is 6.03 Å². The molecule has 0 heterocycles. The van der Waals surface area contributed by atoms with Crippen LogP contribution in [0.25, 0.3) is 0 Å². The van der Waals surface area contributed by atoms with Crippen molar-refractivity contribution in [3.05, 3.63) is 60.2 Å². The lowest BCUT2D eigenvalue weighted by Crippen LogP contribution is -2.36. The van der Waals surface area contributed by atoms with Gasteiger partial charge in [0.2, 0.25) is 0 Å². The maximum atomic E-state index is 11.9. The smallest absolute Gasteiger partial charge is 0.319 e. The van der Waals surface area contributed by atoms with Gasteiger partial charge in [-0.1, -0.05) is 42.5 Å². The second kappa shape index (κ2) is 8.46. The number of carbonyl (C=O) groups is 1. The van der Waals surface area contributed by atoms with Gasteiger partial charge in [0.05, 0.1) is 11.8 Å². The summed E-state index contributed by atoms with van der Waals surface area (Å²) >= 11 is 1.57. The molecule has 2 aromatic rings. The van der Waals surface area contributed by atoms with Crippen molar-refractivity contribution >= 4 is 23.5 Å². The Labute approximate surface area is 134 Å². The molecular formula is C17H20N2O2S. The Morgan fingerprint density at radius 3 is 2.55 bits per heavy atom. The molecule has 0 radical (unpaired) electrons. The van der Waals surface area contributed by atoms with Gasteiger partial charge in [0.25, 0.3) is 0 Å². The zero-order valence-electron chi connectivity index (χ0n) is 12.5. The lowest BCUT2D eigenvalue weighted by Gasteiger charge is -2.14. The third-order valence-corrected chi connectivity index (χ3v) is 3.96. The summed E-state index contributed by atoms with van der Waals surface area (Å²) < 4.78 is 0. The van der Waals surface area contributed by atoms with E-state index < -0.39 is 6.10 Å². The van der Waals surface area contributed by atoms with E-state index in [1.54, 1.807) is 11.8 Å². The largest absolute Gasteiger partial charge is 0.391 e. The van der Waals surface area contributed by atoms with Gasteiger partial charge in [-0.25, -0.2) is 4.79 Å². The molecule has 0 aliphatic heterocycles. The molecule has 1 atom stereocenters. The predicted molar refractivity (Wildman–Crippen MR) is 91.4 cm³/mol. The molecule has 22 heavy (non-hydrogen) atoms. The topological polar surface area (TPSA) is 61.4 Å². The third kappa shape index (κ3) is 5.09. The van der Waals surface area contributed by atoms with Gasteiger partial charge in [-0.3, -0.25) is 0 Å². The highest BCUT2D eigenvalue weighted by Crippen LogP contribution is 2.24. The van der Waals surface area contributed by atoms with E-state index in [1.807, 2.05) is 60.9 Å². The van der Waals surface area contributed by atoms with Gasteiger partial charge in [0.15, 0.2) is 0 Å². The Balaban J connectivity index is 1.80. The minimum absolute atomic E-state index is 0.210. The molecule has 116 valence electrons. The first-order chi connectivity index (χ1) is 10.7. The molecule has 2 rings (SSSR count). The standard InChI is InChI=1S/C17H20N2O2S/c1-22-16-10-6-5-9-15(16)19-17(21)18-12-14(20)11-13-7-3-2-4-8-13/h2-10,14,20H,11-12H2,1H3,(H2,18,19,21). The average Bonchev–Trinajstić information content (AvgIpc) is 2.54. The highest BCUT2D eigenvalue weighted by molar-refractivity contribution is 7.98. The summed E-state index contributed by atoms with van der Waals surface area (Å²) in [5.74, 6) is 0. The fraction of sp³-hybridized carbons (Fsp3) is 0.235. The number of carbonyl (C=O) groups excluding carboxylic acids is 1. The van der Waals surface area contributed by atoms with Crippen molar-refractivity contribution < 1.29 is 9.90 Å². The Kier molecular flexibility index (Phi) is 6.30. The van der Waals surface area contributed by atoms with Gasteiger partial charge in [-0.05, 0) is 24.0 Å². The monoisotopic (exact) mass is 316 g/mol. The van der Waals surface area contributed by atoms with Crippen LogP contribution in [0.15, 0.2) is 59.5 Å². The molecule has 5 heteroatoms. The number of rotatable bonds is 6. The number of amides is 2. The lowest BCUT2D eigenvalue weighted by molar-refractivity contribution is 0.172. The number of anilines is 1. The van der Waals surface area contributed by atoms with Crippen molar-refractivity contribution in [1.82, 2.24) is 5.32 Å². The van der Waals surface area contributed by atoms with E-state index in [1.165, 1.54) is 0 Å². The van der Waals surface area contributed by atoms with Crippen LogP contribution in [0.5, 0.6) is 0 Å². The van der Waals surface area contributed by atoms with Gasteiger partial charge < -0.3 is 15.7 Å². The summed E-state index contributed by atoms with van der Waals surface area (Å²) in [4.78, 5) is 12.9. The summed E-state index contributed by atoms with van der Waals surface area (Å²) in [5, 5.41) is 15.5. The van der Waals surface area contributed by atoms with Crippen LogP contribution in [0.1, 0.15) is 5.56 Å². The number of para-hydroxylation sites is 1. The molecule has 4 nitrogen and oxygen atoms in total. The quantitative estimate of drug-likeness (QED) is 0.718. The summed E-state index contributed by atoms with van der Waals surface area (Å²) in [6, 6.07) is 17.0. The maximum Gasteiger partial charge on any atom is 0.319 e. The van der Waals surface area contributed by atoms with Crippen LogP contribution in [-0.4, -0.2) is 30.0 Å². The molecule has 0 aliphatic rings. The normalized spacial score (nSPS) is 11.7. The predicted octanol–water partition coefficient (Wildman–Crippen LogP) is 3.13. The van der Waals surface area contributed by atoms with Crippen LogP contribution in [0.2, 0.25) is 0 Å². The minimum atomic E-state index is -0.607. The summed E-state index contributed by atoms with van der Waals surface area (Å²) in [6.45, 7) is 0.210. The number of hydrogen-bond donors (Lipinski definition) is 3. The summed E-state index contributed by atoms with van der Waals surface area (Å²) in [5.41, 5.74) is 1.81. The second-order valence-corrected chi connectivity index (χ2v) is 5.73. The zero-order valence-corrected chi connectivity index (χ0v) is 13.3. The van der Waals surface area contributed by atoms with Crippen LogP contribution in [-0.2, 0) is 6.42 Å². The van der Waals surface area contributed by atoms with Crippen molar-refractivity contribution in [3.63, 3.8) is 0 Å². The summed E-state index contributed by atoms with van der Waals surface area (Å²) in [6.07, 6.45) is 1.87. The highest BCUT2D eigenvalue weighted by atomic mass is 32.2. The number of urea groups is 1. The van der Waals surface area contributed by atoms with E-state index in [2.05, 4.69) is 10.6 Å². The van der Waals surface area contributed by atoms with Crippen molar-refractivity contribution in [2.24, 2.45) is 0 Å². The zero-order chi connectivity index (χ0) is 15.8. The van der Waals surface area contributed by atoms with Crippen molar-refractivity contribution in [1.29, 1.82) is 0 Å². The van der Waals surface area contributed by atoms with Crippen molar-refractivity contribution in [3.8, 4) is 0 Å². The van der Waals surface area contributed by atoms with Crippen LogP contribution in [0.4, 0.5) is 10.5 Å². The second-order valence-electron chi connectivity index (χ2n) is 4.88. The van der Waals surface area contributed by atoms with Gasteiger partial charge in [0.1, 0.15) is 0 Å². The van der Waals surface area contributed by atoms with Crippen molar-refractivity contribution in [2.75, 3.05) is 18.1 Å². The number of thioether (sulfide) groups is 1. The molecule has 0 aromatic heterocycles. The number of aliphatic hydroxyl groups is 1. The Bertz CT molecular complexity index is 605. The van der Waals surface area contributed by atoms with Crippen LogP contribution >= 0.6 is 11.8 Å². The minimum Gasteiger partial charge on any atom is -0.391 e. The molecular weight excluding hydrogens is 296 g/mol. The molecule has 2 amide bonds. The molecule has 0 bridgehead atoms. The van der Waals surface area contributed by atoms with Gasteiger partial charge in [-0.15, -0.1) is 11.8 Å². The van der Waals surface area contributed by atoms with Gasteiger partial charge in [-0.2, -0.15) is 0 Å². The fourth-order valence-corrected chi connectivity index (χ4v) is 2.64.